The van der Waals surface area contributed by atoms with Gasteiger partial charge in [-0.15, -0.1) is 0 Å². The van der Waals surface area contributed by atoms with Crippen molar-refractivity contribution >= 4 is 20.5 Å². The van der Waals surface area contributed by atoms with Crippen LogP contribution in [0.3, 0.4) is 0 Å². The first-order chi connectivity index (χ1) is 5.82. The van der Waals surface area contributed by atoms with E-state index in [4.69, 9.17) is 0 Å². The van der Waals surface area contributed by atoms with Crippen molar-refractivity contribution in [3.8, 4) is 0 Å². The molecule has 0 aliphatic rings. The molecule has 13 heavy (non-hydrogen) atoms. The van der Waals surface area contributed by atoms with Crippen LogP contribution in [0, 0.1) is 13.8 Å². The van der Waals surface area contributed by atoms with Crippen LogP contribution in [0.4, 0.5) is 0 Å². The van der Waals surface area contributed by atoms with E-state index in [0.29, 0.717) is 0 Å². The van der Waals surface area contributed by atoms with E-state index in [1.807, 2.05) is 0 Å². The Morgan fingerprint density at radius 2 is 1.46 bits per heavy atom. The van der Waals surface area contributed by atoms with Crippen molar-refractivity contribution in [2.75, 3.05) is 0 Å². The molecule has 1 aromatic rings. The summed E-state index contributed by atoms with van der Waals surface area (Å²) >= 11 is 3.15. The van der Waals surface area contributed by atoms with Gasteiger partial charge in [0.1, 0.15) is 0 Å². The predicted molar refractivity (Wildman–Crippen MR) is 60.0 cm³/mol. The molecular weight excluding hydrogens is 223 g/mol. The molecule has 0 saturated carbocycles. The standard InChI is InChI=1S/C12H17Se/c1-8-6-10(12(3,4)5)11(13)7-9(8)2/h6-7H,1-5H3. The van der Waals surface area contributed by atoms with Gasteiger partial charge in [0.05, 0.1) is 0 Å². The molecule has 0 spiro atoms. The van der Waals surface area contributed by atoms with Crippen LogP contribution in [0.5, 0.6) is 0 Å². The van der Waals surface area contributed by atoms with Gasteiger partial charge >= 0.3 is 89.3 Å². The Bertz CT molecular complexity index is 319. The number of benzene rings is 1. The van der Waals surface area contributed by atoms with Gasteiger partial charge in [0.2, 0.25) is 0 Å². The first-order valence-electron chi connectivity index (χ1n) is 4.61. The van der Waals surface area contributed by atoms with Gasteiger partial charge in [0.25, 0.3) is 0 Å². The zero-order valence-corrected chi connectivity index (χ0v) is 10.8. The van der Waals surface area contributed by atoms with E-state index in [0.717, 1.165) is 0 Å². The molecule has 0 fully saturated rings. The second-order valence-corrected chi connectivity index (χ2v) is 5.61. The Kier molecular flexibility index (Phi) is 2.89. The molecule has 0 N–H and O–H groups in total. The molecule has 0 bridgehead atoms. The fourth-order valence-electron chi connectivity index (χ4n) is 1.38. The molecule has 1 aromatic carbocycles. The van der Waals surface area contributed by atoms with Crippen molar-refractivity contribution in [2.24, 2.45) is 0 Å². The topological polar surface area (TPSA) is 0 Å². The number of hydrogen-bond donors (Lipinski definition) is 0. The summed E-state index contributed by atoms with van der Waals surface area (Å²) in [5.74, 6) is 0. The molecule has 0 nitrogen and oxygen atoms in total. The fourth-order valence-corrected chi connectivity index (χ4v) is 2.51. The summed E-state index contributed by atoms with van der Waals surface area (Å²) in [7, 11) is 0. The Labute approximate surface area is 89.6 Å². The maximum atomic E-state index is 3.15. The molecule has 0 aromatic heterocycles. The van der Waals surface area contributed by atoms with Crippen molar-refractivity contribution in [1.29, 1.82) is 0 Å². The minimum absolute atomic E-state index is 0.235. The number of rotatable bonds is 0. The van der Waals surface area contributed by atoms with Gasteiger partial charge in [-0.25, -0.2) is 0 Å². The van der Waals surface area contributed by atoms with Crippen LogP contribution < -0.4 is 4.46 Å². The normalized spacial score (nSPS) is 11.8. The summed E-state index contributed by atoms with van der Waals surface area (Å²) in [6, 6.07) is 4.52. The first-order valence-corrected chi connectivity index (χ1v) is 5.47. The molecule has 0 heterocycles. The van der Waals surface area contributed by atoms with Crippen molar-refractivity contribution in [3.63, 3.8) is 0 Å². The SMILES string of the molecule is Cc1cc([Se])c(C(C)(C)C)cc1C. The zero-order chi connectivity index (χ0) is 10.2. The Morgan fingerprint density at radius 1 is 1.00 bits per heavy atom. The quantitative estimate of drug-likeness (QED) is 0.611. The van der Waals surface area contributed by atoms with E-state index in [-0.39, 0.29) is 5.41 Å². The van der Waals surface area contributed by atoms with E-state index < -0.39 is 0 Å². The van der Waals surface area contributed by atoms with Crippen molar-refractivity contribution in [1.82, 2.24) is 0 Å². The van der Waals surface area contributed by atoms with E-state index in [1.54, 1.807) is 0 Å². The molecule has 1 heteroatoms. The third-order valence-corrected chi connectivity index (χ3v) is 3.11. The summed E-state index contributed by atoms with van der Waals surface area (Å²) in [6.07, 6.45) is 0. The van der Waals surface area contributed by atoms with Crippen LogP contribution in [-0.4, -0.2) is 16.0 Å². The first kappa shape index (κ1) is 10.8. The molecule has 1 radical (unpaired) electrons. The third-order valence-electron chi connectivity index (χ3n) is 2.40. The Morgan fingerprint density at radius 3 is 1.92 bits per heavy atom. The molecule has 0 amide bonds. The maximum absolute atomic E-state index is 3.15. The van der Waals surface area contributed by atoms with E-state index in [9.17, 15) is 0 Å². The van der Waals surface area contributed by atoms with Crippen LogP contribution in [0.15, 0.2) is 12.1 Å². The van der Waals surface area contributed by atoms with Gasteiger partial charge in [-0.3, -0.25) is 0 Å². The number of hydrogen-bond acceptors (Lipinski definition) is 0. The predicted octanol–water partition coefficient (Wildman–Crippen LogP) is 2.39. The van der Waals surface area contributed by atoms with Crippen LogP contribution >= 0.6 is 0 Å². The van der Waals surface area contributed by atoms with Gasteiger partial charge in [-0.05, 0) is 0 Å². The second kappa shape index (κ2) is 3.47. The molecule has 0 aliphatic carbocycles. The van der Waals surface area contributed by atoms with Crippen LogP contribution in [0.2, 0.25) is 0 Å². The monoisotopic (exact) mass is 241 g/mol. The van der Waals surface area contributed by atoms with Gasteiger partial charge in [-0.2, -0.15) is 0 Å². The Hall–Kier alpha value is -0.261. The van der Waals surface area contributed by atoms with Crippen LogP contribution in [0.25, 0.3) is 0 Å². The van der Waals surface area contributed by atoms with Crippen molar-refractivity contribution in [2.45, 2.75) is 40.0 Å². The minimum atomic E-state index is 0.235. The second-order valence-electron chi connectivity index (χ2n) is 4.68. The molecule has 0 saturated heterocycles. The molecular formula is C12H17Se. The Balaban J connectivity index is 3.32. The van der Waals surface area contributed by atoms with E-state index in [2.05, 4.69) is 62.8 Å². The van der Waals surface area contributed by atoms with Crippen molar-refractivity contribution in [3.05, 3.63) is 28.8 Å². The molecule has 0 unspecified atom stereocenters. The number of aryl methyl sites for hydroxylation is 2. The average Bonchev–Trinajstić information content (AvgIpc) is 1.94. The van der Waals surface area contributed by atoms with Crippen molar-refractivity contribution < 1.29 is 0 Å². The molecule has 0 aliphatic heterocycles. The third kappa shape index (κ3) is 2.36. The zero-order valence-electron chi connectivity index (χ0n) is 9.06. The van der Waals surface area contributed by atoms with Gasteiger partial charge in [0, 0.05) is 0 Å². The fraction of sp³-hybridized carbons (Fsp3) is 0.500. The molecule has 0 atom stereocenters. The van der Waals surface area contributed by atoms with Gasteiger partial charge in [0.15, 0.2) is 0 Å². The van der Waals surface area contributed by atoms with Gasteiger partial charge in [-0.1, -0.05) is 0 Å². The summed E-state index contributed by atoms with van der Waals surface area (Å²) in [4.78, 5) is 0. The average molecular weight is 240 g/mol. The van der Waals surface area contributed by atoms with Crippen LogP contribution in [0.1, 0.15) is 37.5 Å². The summed E-state index contributed by atoms with van der Waals surface area (Å²) in [6.45, 7) is 11.1. The molecule has 71 valence electrons. The summed E-state index contributed by atoms with van der Waals surface area (Å²) < 4.78 is 1.29. The van der Waals surface area contributed by atoms with Crippen LogP contribution in [-0.2, 0) is 5.41 Å². The summed E-state index contributed by atoms with van der Waals surface area (Å²) in [5, 5.41) is 0. The molecule has 1 rings (SSSR count). The summed E-state index contributed by atoms with van der Waals surface area (Å²) in [5.41, 5.74) is 4.39. The van der Waals surface area contributed by atoms with Gasteiger partial charge < -0.3 is 0 Å². The van der Waals surface area contributed by atoms with E-state index >= 15 is 0 Å². The van der Waals surface area contributed by atoms with E-state index in [1.165, 1.54) is 21.2 Å².